The molecule has 1 saturated carbocycles. The van der Waals surface area contributed by atoms with Crippen LogP contribution in [-0.2, 0) is 15.8 Å². The molecule has 3 heterocycles. The van der Waals surface area contributed by atoms with Crippen LogP contribution in [0, 0.1) is 5.92 Å². The first-order valence-corrected chi connectivity index (χ1v) is 12.3. The summed E-state index contributed by atoms with van der Waals surface area (Å²) in [5.41, 5.74) is 1.02. The highest BCUT2D eigenvalue weighted by Crippen LogP contribution is 2.38. The SMILES string of the molecule is CC[C@H](CC(C)(C)S(N)=O)c1cnc(OC2CN(C(=O)C3CC3)C2)c2cnc(Cl)cc12. The fourth-order valence-corrected chi connectivity index (χ4v) is 4.64. The van der Waals surface area contributed by atoms with Crippen molar-refractivity contribution < 1.29 is 13.7 Å². The Bertz CT molecular complexity index is 1020. The fraction of sp³-hybridized carbons (Fsp3) is 0.591. The van der Waals surface area contributed by atoms with E-state index in [1.54, 1.807) is 6.20 Å². The Hall–Kier alpha value is -1.77. The van der Waals surface area contributed by atoms with Crippen LogP contribution < -0.4 is 9.88 Å². The lowest BCUT2D eigenvalue weighted by Crippen LogP contribution is -2.56. The number of halogens is 1. The number of hydrogen-bond acceptors (Lipinski definition) is 5. The Labute approximate surface area is 190 Å². The average Bonchev–Trinajstić information content (AvgIpc) is 3.53. The summed E-state index contributed by atoms with van der Waals surface area (Å²) in [6.45, 7) is 7.11. The summed E-state index contributed by atoms with van der Waals surface area (Å²) in [5, 5.41) is 7.84. The zero-order valence-corrected chi connectivity index (χ0v) is 19.7. The second-order valence-electron chi connectivity index (χ2n) is 9.20. The number of ether oxygens (including phenoxy) is 1. The van der Waals surface area contributed by atoms with Crippen molar-refractivity contribution in [3.63, 3.8) is 0 Å². The van der Waals surface area contributed by atoms with Crippen LogP contribution in [0.25, 0.3) is 10.8 Å². The maximum absolute atomic E-state index is 12.1. The van der Waals surface area contributed by atoms with Crippen LogP contribution in [0.15, 0.2) is 18.5 Å². The molecule has 31 heavy (non-hydrogen) atoms. The van der Waals surface area contributed by atoms with Crippen LogP contribution in [-0.4, -0.2) is 48.9 Å². The van der Waals surface area contributed by atoms with Gasteiger partial charge in [-0.3, -0.25) is 9.93 Å². The zero-order chi connectivity index (χ0) is 22.3. The Morgan fingerprint density at radius 2 is 2.03 bits per heavy atom. The van der Waals surface area contributed by atoms with Crippen molar-refractivity contribution in [2.45, 2.75) is 63.2 Å². The molecule has 2 atom stereocenters. The molecular formula is C22H29ClN4O3S. The number of carbonyl (C=O) groups excluding carboxylic acids is 1. The average molecular weight is 465 g/mol. The molecule has 7 nitrogen and oxygen atoms in total. The van der Waals surface area contributed by atoms with E-state index in [0.717, 1.165) is 35.6 Å². The molecule has 2 fully saturated rings. The molecule has 2 aliphatic rings. The van der Waals surface area contributed by atoms with Gasteiger partial charge in [0.25, 0.3) is 0 Å². The quantitative estimate of drug-likeness (QED) is 0.602. The summed E-state index contributed by atoms with van der Waals surface area (Å²) in [6.07, 6.45) is 6.96. The van der Waals surface area contributed by atoms with Gasteiger partial charge in [0.05, 0.1) is 34.2 Å². The minimum atomic E-state index is -1.44. The molecule has 9 heteroatoms. The molecule has 0 aromatic carbocycles. The summed E-state index contributed by atoms with van der Waals surface area (Å²) < 4.78 is 17.6. The largest absolute Gasteiger partial charge is 0.470 e. The Kier molecular flexibility index (Phi) is 6.25. The van der Waals surface area contributed by atoms with Gasteiger partial charge in [0.15, 0.2) is 0 Å². The summed E-state index contributed by atoms with van der Waals surface area (Å²) in [4.78, 5) is 22.8. The summed E-state index contributed by atoms with van der Waals surface area (Å²) in [7, 11) is -1.44. The Morgan fingerprint density at radius 3 is 2.65 bits per heavy atom. The van der Waals surface area contributed by atoms with E-state index in [1.807, 2.05) is 31.0 Å². The minimum Gasteiger partial charge on any atom is -0.470 e. The van der Waals surface area contributed by atoms with E-state index >= 15 is 0 Å². The Balaban J connectivity index is 1.58. The van der Waals surface area contributed by atoms with Crippen molar-refractivity contribution in [1.29, 1.82) is 0 Å². The smallest absolute Gasteiger partial charge is 0.225 e. The topological polar surface area (TPSA) is 98.4 Å². The monoisotopic (exact) mass is 464 g/mol. The van der Waals surface area contributed by atoms with Crippen molar-refractivity contribution in [1.82, 2.24) is 14.9 Å². The molecule has 0 bridgehead atoms. The molecule has 0 spiro atoms. The highest BCUT2D eigenvalue weighted by molar-refractivity contribution is 7.84. The first-order chi connectivity index (χ1) is 14.7. The van der Waals surface area contributed by atoms with Crippen molar-refractivity contribution in [2.75, 3.05) is 13.1 Å². The lowest BCUT2D eigenvalue weighted by atomic mass is 9.86. The highest BCUT2D eigenvalue weighted by Gasteiger charge is 2.40. The summed E-state index contributed by atoms with van der Waals surface area (Å²) in [5.74, 6) is 1.08. The van der Waals surface area contributed by atoms with Gasteiger partial charge in [0.1, 0.15) is 11.3 Å². The molecule has 2 aromatic heterocycles. The van der Waals surface area contributed by atoms with Gasteiger partial charge < -0.3 is 9.64 Å². The molecule has 1 amide bonds. The molecule has 168 valence electrons. The van der Waals surface area contributed by atoms with Crippen LogP contribution in [0.5, 0.6) is 5.88 Å². The van der Waals surface area contributed by atoms with Gasteiger partial charge in [0, 0.05) is 18.3 Å². The molecule has 1 saturated heterocycles. The number of hydrogen-bond donors (Lipinski definition) is 1. The van der Waals surface area contributed by atoms with Gasteiger partial charge in [-0.15, -0.1) is 0 Å². The number of nitrogens with two attached hydrogens (primary N) is 1. The lowest BCUT2D eigenvalue weighted by Gasteiger charge is -2.39. The standard InChI is InChI=1S/C22H29ClN4O3S/c1-4-13(8-22(2,3)31(24)29)17-9-26-20(18-10-25-19(23)7-16(17)18)30-15-11-27(12-15)21(28)14-5-6-14/h7,9-10,13-15H,4-6,8,11-12,24H2,1-3H3/t13-,31?/m1/s1. The second-order valence-corrected chi connectivity index (χ2v) is 11.3. The van der Waals surface area contributed by atoms with E-state index in [9.17, 15) is 9.00 Å². The van der Waals surface area contributed by atoms with E-state index < -0.39 is 15.7 Å². The predicted molar refractivity (Wildman–Crippen MR) is 122 cm³/mol. The van der Waals surface area contributed by atoms with Crippen molar-refractivity contribution in [3.05, 3.63) is 29.2 Å². The second kappa shape index (κ2) is 8.64. The van der Waals surface area contributed by atoms with E-state index in [0.29, 0.717) is 30.5 Å². The van der Waals surface area contributed by atoms with Gasteiger partial charge in [0.2, 0.25) is 11.8 Å². The third-order valence-electron chi connectivity index (χ3n) is 6.31. The third-order valence-corrected chi connectivity index (χ3v) is 7.78. The van der Waals surface area contributed by atoms with E-state index in [-0.39, 0.29) is 23.8 Å². The van der Waals surface area contributed by atoms with E-state index in [1.165, 1.54) is 0 Å². The first kappa shape index (κ1) is 22.4. The molecule has 1 aliphatic carbocycles. The summed E-state index contributed by atoms with van der Waals surface area (Å²) in [6, 6.07) is 1.83. The van der Waals surface area contributed by atoms with E-state index in [4.69, 9.17) is 21.5 Å². The Morgan fingerprint density at radius 1 is 1.32 bits per heavy atom. The van der Waals surface area contributed by atoms with Crippen LogP contribution in [0.3, 0.4) is 0 Å². The van der Waals surface area contributed by atoms with Crippen LogP contribution >= 0.6 is 11.6 Å². The molecule has 2 N–H and O–H groups in total. The zero-order valence-electron chi connectivity index (χ0n) is 18.1. The number of rotatable bonds is 8. The lowest BCUT2D eigenvalue weighted by molar-refractivity contribution is -0.141. The molecule has 2 aromatic rings. The van der Waals surface area contributed by atoms with Crippen LogP contribution in [0.1, 0.15) is 57.9 Å². The van der Waals surface area contributed by atoms with E-state index in [2.05, 4.69) is 16.9 Å². The van der Waals surface area contributed by atoms with Crippen LogP contribution in [0.4, 0.5) is 0 Å². The normalized spacial score (nSPS) is 19.2. The van der Waals surface area contributed by atoms with Crippen molar-refractivity contribution in [3.8, 4) is 5.88 Å². The number of carbonyl (C=O) groups is 1. The van der Waals surface area contributed by atoms with Crippen molar-refractivity contribution >= 4 is 39.3 Å². The number of fused-ring (bicyclic) bond motifs is 1. The third kappa shape index (κ3) is 4.71. The maximum Gasteiger partial charge on any atom is 0.225 e. The van der Waals surface area contributed by atoms with Gasteiger partial charge >= 0.3 is 0 Å². The maximum atomic E-state index is 12.1. The number of pyridine rings is 2. The van der Waals surface area contributed by atoms with Gasteiger partial charge in [-0.1, -0.05) is 18.5 Å². The summed E-state index contributed by atoms with van der Waals surface area (Å²) >= 11 is 6.22. The predicted octanol–water partition coefficient (Wildman–Crippen LogP) is 3.57. The number of likely N-dealkylation sites (tertiary alicyclic amines) is 1. The highest BCUT2D eigenvalue weighted by atomic mass is 35.5. The molecule has 1 aliphatic heterocycles. The number of aromatic nitrogens is 2. The minimum absolute atomic E-state index is 0.0690. The first-order valence-electron chi connectivity index (χ1n) is 10.8. The van der Waals surface area contributed by atoms with Gasteiger partial charge in [-0.2, -0.15) is 0 Å². The van der Waals surface area contributed by atoms with Crippen LogP contribution in [0.2, 0.25) is 5.15 Å². The molecule has 0 radical (unpaired) electrons. The number of nitrogens with zero attached hydrogens (tertiary/aromatic N) is 3. The van der Waals surface area contributed by atoms with Crippen molar-refractivity contribution in [2.24, 2.45) is 11.1 Å². The number of amides is 1. The van der Waals surface area contributed by atoms with Gasteiger partial charge in [-0.05, 0) is 62.5 Å². The molecular weight excluding hydrogens is 436 g/mol. The molecule has 1 unspecified atom stereocenters. The fourth-order valence-electron chi connectivity index (χ4n) is 4.11. The van der Waals surface area contributed by atoms with Gasteiger partial charge in [-0.25, -0.2) is 14.2 Å². The molecule has 4 rings (SSSR count).